The number of rotatable bonds is 68. The standard InChI is InChI=1S/C95H136N10O29S4/c1-8-10-39-104-84-31-29-80(137(115,116)117)67-82(84)94(3,4)86(104)33-17-73-13-12-14-74(18-34-87-95(5,6)83-68-81(138(118,119)120)30-32-85(83)105(87)40-11-9-2)92(73)134-77-23-15-72(16-24-77)35-37-98-88(106)36-43-122-45-47-124-49-51-126-53-55-128-57-59-130-61-63-132-65-66-133-64-62-131-60-58-129-56-54-127-52-50-125-48-46-123-44-38-99-89(107)69-102(70-90(108)100-75-19-25-78(26-20-75)135(96,111)112)41-42-103(93(110)121-7)71-91(109)101-76-21-27-79(28-22-76)136(97,113)114/h15-34,67-68H,8-14,35-66,69-71H2,1-7H3,(H9-,96,97,98,99,100,101,106,107,108,109,111,112,113,114,115,116,117,118,119,120)/p+1. The zero-order valence-electron chi connectivity index (χ0n) is 79.9. The number of benzene rings is 5. The van der Waals surface area contributed by atoms with Crippen LogP contribution >= 0.6 is 0 Å². The molecule has 43 heteroatoms. The molecular weight excluding hydrogens is 1870 g/mol. The van der Waals surface area contributed by atoms with E-state index in [9.17, 15) is 66.7 Å². The lowest BCUT2D eigenvalue weighted by Gasteiger charge is -2.27. The van der Waals surface area contributed by atoms with E-state index in [1.54, 1.807) is 24.3 Å². The van der Waals surface area contributed by atoms with Gasteiger partial charge in [0.15, 0.2) is 5.71 Å². The Morgan fingerprint density at radius 3 is 1.39 bits per heavy atom. The van der Waals surface area contributed by atoms with Crippen molar-refractivity contribution in [2.45, 2.75) is 130 Å². The molecule has 5 aromatic carbocycles. The van der Waals surface area contributed by atoms with Gasteiger partial charge in [0.25, 0.3) is 20.2 Å². The summed E-state index contributed by atoms with van der Waals surface area (Å²) in [6, 6.07) is 27.5. The summed E-state index contributed by atoms with van der Waals surface area (Å²) < 4.78 is 197. The van der Waals surface area contributed by atoms with Crippen molar-refractivity contribution >= 4 is 98.5 Å². The molecule has 5 amide bonds. The lowest BCUT2D eigenvalue weighted by molar-refractivity contribution is -0.438. The molecule has 8 rings (SSSR count). The fourth-order valence-corrected chi connectivity index (χ4v) is 17.1. The Bertz CT molecular complexity index is 5370. The minimum atomic E-state index is -4.45. The number of methoxy groups -OCH3 is 1. The summed E-state index contributed by atoms with van der Waals surface area (Å²) >= 11 is 0. The quantitative estimate of drug-likeness (QED) is 0.0103. The highest BCUT2D eigenvalue weighted by atomic mass is 32.2. The van der Waals surface area contributed by atoms with Crippen LogP contribution in [0, 0.1) is 0 Å². The van der Waals surface area contributed by atoms with Gasteiger partial charge in [0.1, 0.15) is 24.6 Å². The summed E-state index contributed by atoms with van der Waals surface area (Å²) in [5, 5.41) is 21.2. The summed E-state index contributed by atoms with van der Waals surface area (Å²) in [7, 11) is -15.8. The molecule has 10 N–H and O–H groups in total. The molecule has 0 unspecified atom stereocenters. The molecule has 0 spiro atoms. The van der Waals surface area contributed by atoms with E-state index in [-0.39, 0.29) is 102 Å². The van der Waals surface area contributed by atoms with E-state index in [0.717, 1.165) is 94.7 Å². The van der Waals surface area contributed by atoms with Gasteiger partial charge in [-0.15, -0.1) is 0 Å². The molecule has 0 atom stereocenters. The second kappa shape index (κ2) is 58.7. The van der Waals surface area contributed by atoms with Crippen LogP contribution in [0.4, 0.5) is 27.5 Å². The number of hydrogen-bond acceptors (Lipinski definition) is 29. The third kappa shape index (κ3) is 39.2. The van der Waals surface area contributed by atoms with Gasteiger partial charge in [-0.1, -0.05) is 58.7 Å². The first-order chi connectivity index (χ1) is 66.0. The minimum Gasteiger partial charge on any atom is -0.457 e. The number of primary sulfonamides is 2. The van der Waals surface area contributed by atoms with Crippen molar-refractivity contribution in [3.05, 3.63) is 173 Å². The van der Waals surface area contributed by atoms with Gasteiger partial charge >= 0.3 is 6.09 Å². The molecule has 0 saturated carbocycles. The molecular formula is C95H137N10O29S4+. The lowest BCUT2D eigenvalue weighted by atomic mass is 9.81. The predicted octanol–water partition coefficient (Wildman–Crippen LogP) is 8.14. The first kappa shape index (κ1) is 114. The largest absolute Gasteiger partial charge is 0.457 e. The number of nitrogens with one attached hydrogen (secondary N) is 4. The maximum Gasteiger partial charge on any atom is 0.409 e. The maximum atomic E-state index is 13.2. The van der Waals surface area contributed by atoms with Crippen molar-refractivity contribution in [3.8, 4) is 5.75 Å². The Hall–Kier alpha value is -9.40. The third-order valence-corrected chi connectivity index (χ3v) is 25.8. The molecule has 1 aliphatic carbocycles. The highest BCUT2D eigenvalue weighted by molar-refractivity contribution is 7.89. The fourth-order valence-electron chi connectivity index (χ4n) is 15.0. The number of hydrogen-bond donors (Lipinski definition) is 8. The first-order valence-corrected chi connectivity index (χ1v) is 52.1. The molecule has 0 aromatic heterocycles. The molecule has 0 saturated heterocycles. The van der Waals surface area contributed by atoms with Gasteiger partial charge in [0.05, 0.1) is 204 Å². The van der Waals surface area contributed by atoms with Gasteiger partial charge in [0, 0.05) is 91.4 Å². The van der Waals surface area contributed by atoms with E-state index in [1.165, 1.54) is 65.6 Å². The zero-order chi connectivity index (χ0) is 100.0. The number of sulfonamides is 2. The highest BCUT2D eigenvalue weighted by Crippen LogP contribution is 2.49. The van der Waals surface area contributed by atoms with Gasteiger partial charge in [-0.3, -0.25) is 38.1 Å². The van der Waals surface area contributed by atoms with Crippen LogP contribution in [0.2, 0.25) is 0 Å². The Labute approximate surface area is 810 Å². The number of amides is 5. The average Bonchev–Trinajstić information content (AvgIpc) is 1.59. The molecule has 39 nitrogen and oxygen atoms in total. The monoisotopic (exact) mass is 2010 g/mol. The molecule has 5 aromatic rings. The number of nitrogens with zero attached hydrogens (tertiary/aromatic N) is 4. The number of allylic oxidation sites excluding steroid dienone is 7. The van der Waals surface area contributed by atoms with Crippen molar-refractivity contribution in [1.29, 1.82) is 0 Å². The average molecular weight is 2010 g/mol. The Kier molecular flexibility index (Phi) is 48.5. The molecule has 138 heavy (non-hydrogen) atoms. The fraction of sp³-hybridized carbons (Fsp3) is 0.537. The molecule has 0 radical (unpaired) electrons. The first-order valence-electron chi connectivity index (χ1n) is 46.1. The normalized spacial score (nSPS) is 14.9. The number of fused-ring (bicyclic) bond motifs is 2. The molecule has 2 aliphatic heterocycles. The second-order valence-electron chi connectivity index (χ2n) is 33.4. The van der Waals surface area contributed by atoms with Crippen LogP contribution in [-0.4, -0.2) is 317 Å². The number of unbranched alkanes of at least 4 members (excludes halogenated alkanes) is 2. The van der Waals surface area contributed by atoms with Gasteiger partial charge in [-0.25, -0.2) is 31.9 Å². The van der Waals surface area contributed by atoms with Crippen molar-refractivity contribution < 1.29 is 138 Å². The Balaban J connectivity index is 0.594. The van der Waals surface area contributed by atoms with Crippen molar-refractivity contribution in [1.82, 2.24) is 20.4 Å². The number of carbonyl (C=O) groups excluding carboxylic acids is 5. The van der Waals surface area contributed by atoms with Crippen LogP contribution < -0.4 is 41.2 Å². The summed E-state index contributed by atoms with van der Waals surface area (Å²) in [4.78, 5) is 68.9. The van der Waals surface area contributed by atoms with Crippen LogP contribution in [0.1, 0.15) is 110 Å². The lowest BCUT2D eigenvalue weighted by Crippen LogP contribution is -2.47. The molecule has 764 valence electrons. The van der Waals surface area contributed by atoms with Crippen molar-refractivity contribution in [2.75, 3.05) is 240 Å². The highest BCUT2D eigenvalue weighted by Gasteiger charge is 2.46. The topological polar surface area (TPSA) is 504 Å². The van der Waals surface area contributed by atoms with E-state index < -0.39 is 81.5 Å². The Morgan fingerprint density at radius 2 is 0.920 bits per heavy atom. The van der Waals surface area contributed by atoms with E-state index in [1.807, 2.05) is 24.3 Å². The SMILES string of the molecule is CCCCN1/C(=C/C=C2\CCCC(/C=C/C3=[N+](CCCC)c4ccc(S(=O)(=O)O)cc4C3(C)C)=C2Oc2ccc(CCNC(=O)CCOCCOCCOCCOCCOCCOCCOCCOCCOCCOCCOCCOCCNC(=O)CN(CCN(CC(=O)Nc3ccc(S(N)(=O)=O)cc3)C(=O)OC)CC(=O)Nc3ccc(S(N)(=O)=O)cc3)cc2)C(C)(C)c2cc(S(=O)(=O)O)ccc21. The van der Waals surface area contributed by atoms with Crippen molar-refractivity contribution in [3.63, 3.8) is 0 Å². The molecule has 3 aliphatic rings. The van der Waals surface area contributed by atoms with Crippen LogP contribution in [0.3, 0.4) is 0 Å². The van der Waals surface area contributed by atoms with E-state index >= 15 is 0 Å². The third-order valence-electron chi connectivity index (χ3n) is 22.3. The summed E-state index contributed by atoms with van der Waals surface area (Å²) in [5.74, 6) is -0.570. The second-order valence-corrected chi connectivity index (χ2v) is 39.3. The number of nitrogens with two attached hydrogens (primary N) is 2. The van der Waals surface area contributed by atoms with Crippen molar-refractivity contribution in [2.24, 2.45) is 10.3 Å². The van der Waals surface area contributed by atoms with Gasteiger partial charge < -0.3 is 92.5 Å². The number of anilines is 3. The van der Waals surface area contributed by atoms with Gasteiger partial charge in [-0.05, 0) is 171 Å². The minimum absolute atomic E-state index is 0.104. The summed E-state index contributed by atoms with van der Waals surface area (Å²) in [6.07, 6.45) is 14.3. The Morgan fingerprint density at radius 1 is 0.478 bits per heavy atom. The summed E-state index contributed by atoms with van der Waals surface area (Å²) in [5.41, 5.74) is 7.46. The van der Waals surface area contributed by atoms with Crippen LogP contribution in [-0.2, 0) is 138 Å². The molecule has 0 fully saturated rings. The molecule has 0 bridgehead atoms. The van der Waals surface area contributed by atoms with Crippen LogP contribution in [0.15, 0.2) is 176 Å². The zero-order valence-corrected chi connectivity index (χ0v) is 83.2. The van der Waals surface area contributed by atoms with E-state index in [2.05, 4.69) is 96.6 Å². The summed E-state index contributed by atoms with van der Waals surface area (Å²) in [6.45, 7) is 21.4. The molecule has 2 heterocycles. The van der Waals surface area contributed by atoms with Gasteiger partial charge in [-0.2, -0.15) is 21.4 Å². The van der Waals surface area contributed by atoms with E-state index in [4.69, 9.17) is 76.6 Å². The van der Waals surface area contributed by atoms with E-state index in [0.29, 0.717) is 183 Å². The van der Waals surface area contributed by atoms with Crippen LogP contribution in [0.25, 0.3) is 0 Å². The van der Waals surface area contributed by atoms with Gasteiger partial charge in [0.2, 0.25) is 49.4 Å². The smallest absolute Gasteiger partial charge is 0.409 e. The number of carbonyl (C=O) groups is 5. The predicted molar refractivity (Wildman–Crippen MR) is 516 cm³/mol. The maximum absolute atomic E-state index is 13.2. The van der Waals surface area contributed by atoms with Crippen LogP contribution in [0.5, 0.6) is 5.75 Å². The number of ether oxygens (including phenoxy) is 14.